The molecule has 0 saturated heterocycles. The Morgan fingerprint density at radius 3 is 1.96 bits per heavy atom. The normalized spacial score (nSPS) is 10.0. The van der Waals surface area contributed by atoms with Crippen LogP contribution in [0, 0.1) is 0 Å². The smallest absolute Gasteiger partial charge is 0.224 e. The Kier molecular flexibility index (Phi) is 6.25. The van der Waals surface area contributed by atoms with Gasteiger partial charge in [0.25, 0.3) is 0 Å². The first-order chi connectivity index (χ1) is 11.5. The summed E-state index contributed by atoms with van der Waals surface area (Å²) >= 11 is 0. The molecule has 0 aliphatic rings. The van der Waals surface area contributed by atoms with Crippen molar-refractivity contribution in [1.82, 2.24) is 0 Å². The summed E-state index contributed by atoms with van der Waals surface area (Å²) in [4.78, 5) is 34.8. The zero-order valence-electron chi connectivity index (χ0n) is 13.5. The third kappa shape index (κ3) is 5.68. The average Bonchev–Trinajstić information content (AvgIpc) is 2.57. The van der Waals surface area contributed by atoms with Gasteiger partial charge in [-0.25, -0.2) is 0 Å². The number of carbonyl (C=O) groups excluding carboxylic acids is 3. The second kappa shape index (κ2) is 8.62. The molecule has 0 atom stereocenters. The van der Waals surface area contributed by atoms with Gasteiger partial charge in [0.1, 0.15) is 0 Å². The molecule has 0 aliphatic carbocycles. The number of Topliss-reactive ketones (excluding diaryl/α,β-unsaturated/α-hetero) is 1. The maximum atomic E-state index is 11.9. The van der Waals surface area contributed by atoms with E-state index in [1.54, 1.807) is 36.4 Å². The third-order valence-corrected chi connectivity index (χ3v) is 3.39. The molecule has 0 fully saturated rings. The Morgan fingerprint density at radius 2 is 1.38 bits per heavy atom. The van der Waals surface area contributed by atoms with Gasteiger partial charge in [-0.3, -0.25) is 14.4 Å². The van der Waals surface area contributed by atoms with Crippen LogP contribution >= 0.6 is 0 Å². The fourth-order valence-corrected chi connectivity index (χ4v) is 2.24. The zero-order chi connectivity index (χ0) is 17.4. The lowest BCUT2D eigenvalue weighted by atomic mass is 10.1. The number of hydrogen-bond donors (Lipinski definition) is 2. The van der Waals surface area contributed by atoms with Crippen molar-refractivity contribution < 1.29 is 14.4 Å². The van der Waals surface area contributed by atoms with E-state index in [0.29, 0.717) is 29.8 Å². The number of nitrogens with one attached hydrogen (secondary N) is 2. The van der Waals surface area contributed by atoms with E-state index in [1.165, 1.54) is 6.92 Å². The van der Waals surface area contributed by atoms with Gasteiger partial charge in [0.05, 0.1) is 0 Å². The second-order valence-electron chi connectivity index (χ2n) is 5.45. The summed E-state index contributed by atoms with van der Waals surface area (Å²) in [6, 6.07) is 15.9. The minimum atomic E-state index is -0.144. The molecule has 5 nitrogen and oxygen atoms in total. The van der Waals surface area contributed by atoms with Crippen LogP contribution in [0.25, 0.3) is 0 Å². The van der Waals surface area contributed by atoms with Gasteiger partial charge in [-0.15, -0.1) is 0 Å². The van der Waals surface area contributed by atoms with Crippen molar-refractivity contribution in [2.24, 2.45) is 0 Å². The Labute approximate surface area is 141 Å². The lowest BCUT2D eigenvalue weighted by Crippen LogP contribution is -2.12. The summed E-state index contributed by atoms with van der Waals surface area (Å²) in [6.07, 6.45) is 1.13. The number of rotatable bonds is 7. The van der Waals surface area contributed by atoms with Crippen LogP contribution in [0.1, 0.15) is 36.5 Å². The van der Waals surface area contributed by atoms with Gasteiger partial charge in [0.2, 0.25) is 11.8 Å². The molecule has 0 bridgehead atoms. The SMILES string of the molecule is CC(=O)Nc1ccc(NC(=O)CCCC(=O)c2ccccc2)cc1. The highest BCUT2D eigenvalue weighted by Gasteiger charge is 2.07. The van der Waals surface area contributed by atoms with E-state index in [1.807, 2.05) is 18.2 Å². The molecule has 2 aromatic rings. The van der Waals surface area contributed by atoms with Crippen molar-refractivity contribution >= 4 is 29.0 Å². The number of carbonyl (C=O) groups is 3. The molecule has 5 heteroatoms. The highest BCUT2D eigenvalue weighted by molar-refractivity contribution is 5.96. The van der Waals surface area contributed by atoms with Gasteiger partial charge in [-0.1, -0.05) is 30.3 Å². The first kappa shape index (κ1) is 17.4. The summed E-state index contributed by atoms with van der Waals surface area (Å²) in [6.45, 7) is 1.44. The van der Waals surface area contributed by atoms with Crippen molar-refractivity contribution in [1.29, 1.82) is 0 Å². The van der Waals surface area contributed by atoms with Crippen LogP contribution in [-0.2, 0) is 9.59 Å². The van der Waals surface area contributed by atoms with Crippen LogP contribution in [-0.4, -0.2) is 17.6 Å². The number of ketones is 1. The van der Waals surface area contributed by atoms with Gasteiger partial charge in [0.15, 0.2) is 5.78 Å². The lowest BCUT2D eigenvalue weighted by molar-refractivity contribution is -0.116. The third-order valence-electron chi connectivity index (χ3n) is 3.39. The zero-order valence-corrected chi connectivity index (χ0v) is 13.5. The minimum absolute atomic E-state index is 0.0445. The van der Waals surface area contributed by atoms with E-state index in [-0.39, 0.29) is 24.0 Å². The largest absolute Gasteiger partial charge is 0.326 e. The van der Waals surface area contributed by atoms with E-state index >= 15 is 0 Å². The van der Waals surface area contributed by atoms with Crippen LogP contribution in [0.5, 0.6) is 0 Å². The van der Waals surface area contributed by atoms with Crippen molar-refractivity contribution in [3.8, 4) is 0 Å². The summed E-state index contributed by atoms with van der Waals surface area (Å²) in [7, 11) is 0. The van der Waals surface area contributed by atoms with Crippen molar-refractivity contribution in [2.75, 3.05) is 10.6 Å². The molecule has 0 unspecified atom stereocenters. The Bertz CT molecular complexity index is 709. The molecule has 2 amide bonds. The molecular formula is C19H20N2O3. The monoisotopic (exact) mass is 324 g/mol. The average molecular weight is 324 g/mol. The maximum Gasteiger partial charge on any atom is 0.224 e. The summed E-state index contributed by atoms with van der Waals surface area (Å²) in [5.41, 5.74) is 2.00. The van der Waals surface area contributed by atoms with Gasteiger partial charge >= 0.3 is 0 Å². The van der Waals surface area contributed by atoms with E-state index in [0.717, 1.165) is 0 Å². The molecule has 0 heterocycles. The molecule has 0 aromatic heterocycles. The predicted octanol–water partition coefficient (Wildman–Crippen LogP) is 3.64. The van der Waals surface area contributed by atoms with Gasteiger partial charge in [0, 0.05) is 36.7 Å². The molecule has 24 heavy (non-hydrogen) atoms. The molecular weight excluding hydrogens is 304 g/mol. The lowest BCUT2D eigenvalue weighted by Gasteiger charge is -2.07. The van der Waals surface area contributed by atoms with Gasteiger partial charge < -0.3 is 10.6 Å². The van der Waals surface area contributed by atoms with Gasteiger partial charge in [-0.05, 0) is 30.7 Å². The number of hydrogen-bond acceptors (Lipinski definition) is 3. The highest BCUT2D eigenvalue weighted by Crippen LogP contribution is 2.14. The Balaban J connectivity index is 1.75. The predicted molar refractivity (Wildman–Crippen MR) is 94.0 cm³/mol. The molecule has 2 rings (SSSR count). The molecule has 0 saturated carbocycles. The first-order valence-corrected chi connectivity index (χ1v) is 7.80. The van der Waals surface area contributed by atoms with E-state index in [2.05, 4.69) is 10.6 Å². The fraction of sp³-hybridized carbons (Fsp3) is 0.211. The van der Waals surface area contributed by atoms with Crippen LogP contribution < -0.4 is 10.6 Å². The van der Waals surface area contributed by atoms with Crippen molar-refractivity contribution in [3.05, 3.63) is 60.2 Å². The van der Waals surface area contributed by atoms with Crippen LogP contribution in [0.3, 0.4) is 0 Å². The molecule has 0 spiro atoms. The number of amides is 2. The summed E-state index contributed by atoms with van der Waals surface area (Å²) in [5, 5.41) is 5.43. The number of benzene rings is 2. The van der Waals surface area contributed by atoms with Crippen molar-refractivity contribution in [2.45, 2.75) is 26.2 Å². The summed E-state index contributed by atoms with van der Waals surface area (Å²) in [5.74, 6) is -0.235. The number of anilines is 2. The Morgan fingerprint density at radius 1 is 0.792 bits per heavy atom. The molecule has 2 aromatic carbocycles. The van der Waals surface area contributed by atoms with E-state index < -0.39 is 0 Å². The van der Waals surface area contributed by atoms with Crippen molar-refractivity contribution in [3.63, 3.8) is 0 Å². The van der Waals surface area contributed by atoms with Crippen LogP contribution in [0.2, 0.25) is 0 Å². The standard InChI is InChI=1S/C19H20N2O3/c1-14(22)20-16-10-12-17(13-11-16)21-19(24)9-5-8-18(23)15-6-3-2-4-7-15/h2-4,6-7,10-13H,5,8-9H2,1H3,(H,20,22)(H,21,24). The minimum Gasteiger partial charge on any atom is -0.326 e. The van der Waals surface area contributed by atoms with Crippen LogP contribution in [0.15, 0.2) is 54.6 Å². The van der Waals surface area contributed by atoms with E-state index in [9.17, 15) is 14.4 Å². The molecule has 2 N–H and O–H groups in total. The molecule has 0 aliphatic heterocycles. The second-order valence-corrected chi connectivity index (χ2v) is 5.45. The molecule has 0 radical (unpaired) electrons. The Hall–Kier alpha value is -2.95. The quantitative estimate of drug-likeness (QED) is 0.764. The molecule has 124 valence electrons. The first-order valence-electron chi connectivity index (χ1n) is 7.80. The van der Waals surface area contributed by atoms with Crippen LogP contribution in [0.4, 0.5) is 11.4 Å². The van der Waals surface area contributed by atoms with E-state index in [4.69, 9.17) is 0 Å². The topological polar surface area (TPSA) is 75.3 Å². The fourth-order valence-electron chi connectivity index (χ4n) is 2.24. The summed E-state index contributed by atoms with van der Waals surface area (Å²) < 4.78 is 0. The highest BCUT2D eigenvalue weighted by atomic mass is 16.2. The van der Waals surface area contributed by atoms with Gasteiger partial charge in [-0.2, -0.15) is 0 Å². The maximum absolute atomic E-state index is 11.9.